The van der Waals surface area contributed by atoms with Gasteiger partial charge in [0.2, 0.25) is 5.91 Å². The Balaban J connectivity index is 1.82. The number of benzene rings is 2. The number of nitrogens with zero attached hydrogens (tertiary/aromatic N) is 2. The fourth-order valence-corrected chi connectivity index (χ4v) is 2.79. The number of carbonyl (C=O) groups excluding carboxylic acids is 2. The number of rotatable bonds is 6. The number of amides is 2. The summed E-state index contributed by atoms with van der Waals surface area (Å²) < 4.78 is 5.50. The molecule has 138 valence electrons. The van der Waals surface area contributed by atoms with Crippen LogP contribution in [0.15, 0.2) is 54.1 Å². The molecule has 2 aromatic carbocycles. The number of ether oxygens (including phenoxy) is 1. The van der Waals surface area contributed by atoms with Crippen LogP contribution >= 0.6 is 0 Å². The van der Waals surface area contributed by atoms with Gasteiger partial charge in [0.25, 0.3) is 11.6 Å². The molecule has 1 aliphatic heterocycles. The topological polar surface area (TPSA) is 89.8 Å². The van der Waals surface area contributed by atoms with Crippen LogP contribution in [0.25, 0.3) is 6.08 Å². The van der Waals surface area contributed by atoms with E-state index in [9.17, 15) is 19.7 Å². The number of non-ortho nitro benzene ring substituents is 1. The van der Waals surface area contributed by atoms with Crippen molar-refractivity contribution in [2.45, 2.75) is 19.8 Å². The van der Waals surface area contributed by atoms with E-state index in [0.29, 0.717) is 29.2 Å². The lowest BCUT2D eigenvalue weighted by molar-refractivity contribution is -0.384. The summed E-state index contributed by atoms with van der Waals surface area (Å²) in [7, 11) is 0. The van der Waals surface area contributed by atoms with Gasteiger partial charge in [-0.3, -0.25) is 19.7 Å². The van der Waals surface area contributed by atoms with Crippen molar-refractivity contribution in [1.82, 2.24) is 0 Å². The average Bonchev–Trinajstić information content (AvgIpc) is 2.94. The Hall–Kier alpha value is -3.48. The predicted octanol–water partition coefficient (Wildman–Crippen LogP) is 3.73. The van der Waals surface area contributed by atoms with E-state index in [2.05, 4.69) is 0 Å². The minimum Gasteiger partial charge on any atom is -0.494 e. The van der Waals surface area contributed by atoms with Gasteiger partial charge < -0.3 is 4.74 Å². The fraction of sp³-hybridized carbons (Fsp3) is 0.200. The van der Waals surface area contributed by atoms with Crippen molar-refractivity contribution < 1.29 is 19.2 Å². The van der Waals surface area contributed by atoms with Gasteiger partial charge in [-0.25, -0.2) is 4.90 Å². The summed E-state index contributed by atoms with van der Waals surface area (Å²) in [4.78, 5) is 36.5. The molecular formula is C20H18N2O5. The van der Waals surface area contributed by atoms with E-state index in [-0.39, 0.29) is 18.0 Å². The summed E-state index contributed by atoms with van der Waals surface area (Å²) in [6.45, 7) is 2.60. The molecule has 0 aliphatic carbocycles. The Morgan fingerprint density at radius 1 is 1.19 bits per heavy atom. The number of imide groups is 1. The number of hydrogen-bond donors (Lipinski definition) is 0. The minimum absolute atomic E-state index is 0.0460. The first kappa shape index (κ1) is 18.3. The molecule has 27 heavy (non-hydrogen) atoms. The van der Waals surface area contributed by atoms with Crippen LogP contribution < -0.4 is 9.64 Å². The number of hydrogen-bond acceptors (Lipinski definition) is 5. The van der Waals surface area contributed by atoms with Gasteiger partial charge in [-0.15, -0.1) is 0 Å². The first-order valence-corrected chi connectivity index (χ1v) is 8.54. The minimum atomic E-state index is -0.502. The lowest BCUT2D eigenvalue weighted by atomic mass is 10.1. The normalized spacial score (nSPS) is 15.4. The SMILES string of the molecule is CCCOc1ccc(N2C(=O)CC(=Cc3cccc([N+](=O)[O-])c3)C2=O)cc1. The third kappa shape index (κ3) is 4.03. The molecule has 7 nitrogen and oxygen atoms in total. The predicted molar refractivity (Wildman–Crippen MR) is 100 cm³/mol. The van der Waals surface area contributed by atoms with Gasteiger partial charge in [0.15, 0.2) is 0 Å². The summed E-state index contributed by atoms with van der Waals surface area (Å²) in [5.74, 6) is -0.0836. The first-order valence-electron chi connectivity index (χ1n) is 8.54. The van der Waals surface area contributed by atoms with E-state index in [1.165, 1.54) is 18.2 Å². The van der Waals surface area contributed by atoms with Gasteiger partial charge in [0.1, 0.15) is 5.75 Å². The molecular weight excluding hydrogens is 348 g/mol. The van der Waals surface area contributed by atoms with Crippen LogP contribution in [0.5, 0.6) is 5.75 Å². The van der Waals surface area contributed by atoms with Gasteiger partial charge in [0.05, 0.1) is 23.6 Å². The summed E-state index contributed by atoms with van der Waals surface area (Å²) in [6.07, 6.45) is 2.36. The molecule has 3 rings (SSSR count). The Morgan fingerprint density at radius 3 is 2.59 bits per heavy atom. The molecule has 0 radical (unpaired) electrons. The van der Waals surface area contributed by atoms with E-state index in [4.69, 9.17) is 4.74 Å². The molecule has 1 fully saturated rings. The molecule has 0 spiro atoms. The third-order valence-electron chi connectivity index (χ3n) is 4.06. The summed E-state index contributed by atoms with van der Waals surface area (Å²) in [5, 5.41) is 10.9. The van der Waals surface area contributed by atoms with Crippen LogP contribution in [-0.4, -0.2) is 23.3 Å². The Labute approximate surface area is 156 Å². The van der Waals surface area contributed by atoms with Gasteiger partial charge >= 0.3 is 0 Å². The average molecular weight is 366 g/mol. The van der Waals surface area contributed by atoms with Crippen molar-refractivity contribution in [3.63, 3.8) is 0 Å². The Morgan fingerprint density at radius 2 is 1.93 bits per heavy atom. The monoisotopic (exact) mass is 366 g/mol. The van der Waals surface area contributed by atoms with Crippen LogP contribution in [0.3, 0.4) is 0 Å². The molecule has 2 aromatic rings. The maximum Gasteiger partial charge on any atom is 0.270 e. The largest absolute Gasteiger partial charge is 0.494 e. The zero-order valence-corrected chi connectivity index (χ0v) is 14.8. The lowest BCUT2D eigenvalue weighted by Gasteiger charge is -2.14. The highest BCUT2D eigenvalue weighted by Crippen LogP contribution is 2.29. The maximum atomic E-state index is 12.7. The van der Waals surface area contributed by atoms with Crippen molar-refractivity contribution in [3.8, 4) is 5.75 Å². The van der Waals surface area contributed by atoms with Crippen molar-refractivity contribution in [2.75, 3.05) is 11.5 Å². The van der Waals surface area contributed by atoms with Crippen molar-refractivity contribution >= 4 is 29.3 Å². The van der Waals surface area contributed by atoms with E-state index < -0.39 is 10.8 Å². The van der Waals surface area contributed by atoms with Gasteiger partial charge in [-0.05, 0) is 42.3 Å². The van der Waals surface area contributed by atoms with Crippen LogP contribution in [-0.2, 0) is 9.59 Å². The Bertz CT molecular complexity index is 918. The number of carbonyl (C=O) groups is 2. The molecule has 0 unspecified atom stereocenters. The second-order valence-corrected chi connectivity index (χ2v) is 6.08. The molecule has 0 atom stereocenters. The van der Waals surface area contributed by atoms with E-state index in [0.717, 1.165) is 11.3 Å². The van der Waals surface area contributed by atoms with Crippen molar-refractivity contribution in [1.29, 1.82) is 0 Å². The summed E-state index contributed by atoms with van der Waals surface area (Å²) >= 11 is 0. The van der Waals surface area contributed by atoms with E-state index in [1.54, 1.807) is 36.4 Å². The molecule has 1 saturated heterocycles. The number of nitro benzene ring substituents is 1. The Kier molecular flexibility index (Phi) is 5.30. The summed E-state index contributed by atoms with van der Waals surface area (Å²) in [5.41, 5.74) is 1.20. The fourth-order valence-electron chi connectivity index (χ4n) is 2.79. The second kappa shape index (κ2) is 7.82. The van der Waals surface area contributed by atoms with Crippen LogP contribution in [0, 0.1) is 10.1 Å². The van der Waals surface area contributed by atoms with Crippen LogP contribution in [0.2, 0.25) is 0 Å². The van der Waals surface area contributed by atoms with Crippen molar-refractivity contribution in [2.24, 2.45) is 0 Å². The third-order valence-corrected chi connectivity index (χ3v) is 4.06. The molecule has 0 saturated carbocycles. The molecule has 2 amide bonds. The second-order valence-electron chi connectivity index (χ2n) is 6.08. The molecule has 0 aromatic heterocycles. The summed E-state index contributed by atoms with van der Waals surface area (Å²) in [6, 6.07) is 12.7. The quantitative estimate of drug-likeness (QED) is 0.336. The highest BCUT2D eigenvalue weighted by atomic mass is 16.6. The van der Waals surface area contributed by atoms with Crippen molar-refractivity contribution in [3.05, 3.63) is 69.8 Å². The van der Waals surface area contributed by atoms with Gasteiger partial charge in [0, 0.05) is 17.7 Å². The molecule has 1 aliphatic rings. The molecule has 0 N–H and O–H groups in total. The van der Waals surface area contributed by atoms with E-state index in [1.807, 2.05) is 6.92 Å². The van der Waals surface area contributed by atoms with Crippen LogP contribution in [0.1, 0.15) is 25.3 Å². The number of anilines is 1. The lowest BCUT2D eigenvalue weighted by Crippen LogP contribution is -2.28. The number of nitro groups is 1. The van der Waals surface area contributed by atoms with Crippen LogP contribution in [0.4, 0.5) is 11.4 Å². The van der Waals surface area contributed by atoms with Gasteiger partial charge in [-0.2, -0.15) is 0 Å². The maximum absolute atomic E-state index is 12.7. The first-order chi connectivity index (χ1) is 13.0. The smallest absolute Gasteiger partial charge is 0.270 e. The van der Waals surface area contributed by atoms with Gasteiger partial charge in [-0.1, -0.05) is 19.1 Å². The molecule has 1 heterocycles. The molecule has 7 heteroatoms. The molecule has 0 bridgehead atoms. The zero-order chi connectivity index (χ0) is 19.4. The van der Waals surface area contributed by atoms with E-state index >= 15 is 0 Å². The zero-order valence-electron chi connectivity index (χ0n) is 14.8. The highest BCUT2D eigenvalue weighted by Gasteiger charge is 2.34. The highest BCUT2D eigenvalue weighted by molar-refractivity contribution is 6.29. The standard InChI is InChI=1S/C20H18N2O5/c1-2-10-27-18-8-6-16(7-9-18)21-19(23)13-15(20(21)24)11-14-4-3-5-17(12-14)22(25)26/h3-9,11-12H,2,10,13H2,1H3.